The van der Waals surface area contributed by atoms with E-state index in [9.17, 15) is 9.59 Å². The average molecular weight is 339 g/mol. The first-order valence-corrected chi connectivity index (χ1v) is 7.10. The van der Waals surface area contributed by atoms with Crippen LogP contribution in [0.2, 0.25) is 10.2 Å². The van der Waals surface area contributed by atoms with Crippen molar-refractivity contribution in [2.24, 2.45) is 0 Å². The third-order valence-corrected chi connectivity index (χ3v) is 3.31. The Labute approximate surface area is 137 Å². The summed E-state index contributed by atoms with van der Waals surface area (Å²) in [6.45, 7) is -0.125. The Morgan fingerprint density at radius 3 is 2.68 bits per heavy atom. The number of hydrogen-bond donors (Lipinski definition) is 1. The molecule has 0 saturated heterocycles. The molecular formula is C15H12Cl2N2O3. The number of hydrogen-bond acceptors (Lipinski definition) is 4. The maximum atomic E-state index is 11.7. The van der Waals surface area contributed by atoms with Gasteiger partial charge in [0.25, 0.3) is 5.91 Å². The Morgan fingerprint density at radius 1 is 1.18 bits per heavy atom. The second-order valence-electron chi connectivity index (χ2n) is 4.31. The number of rotatable bonds is 5. The van der Waals surface area contributed by atoms with Crippen LogP contribution in [0.3, 0.4) is 0 Å². The van der Waals surface area contributed by atoms with E-state index in [0.29, 0.717) is 5.02 Å². The van der Waals surface area contributed by atoms with E-state index in [4.69, 9.17) is 27.9 Å². The van der Waals surface area contributed by atoms with Crippen molar-refractivity contribution in [2.45, 2.75) is 6.54 Å². The van der Waals surface area contributed by atoms with Gasteiger partial charge in [-0.3, -0.25) is 4.79 Å². The minimum atomic E-state index is -0.641. The average Bonchev–Trinajstić information content (AvgIpc) is 2.52. The normalized spacial score (nSPS) is 10.1. The number of carbonyl (C=O) groups excluding carboxylic acids is 2. The Morgan fingerprint density at radius 2 is 1.95 bits per heavy atom. The minimum Gasteiger partial charge on any atom is -0.452 e. The first-order valence-electron chi connectivity index (χ1n) is 6.35. The maximum absolute atomic E-state index is 11.7. The van der Waals surface area contributed by atoms with E-state index in [0.717, 1.165) is 5.56 Å². The number of pyridine rings is 1. The third kappa shape index (κ3) is 4.72. The molecule has 0 aliphatic rings. The summed E-state index contributed by atoms with van der Waals surface area (Å²) >= 11 is 11.6. The predicted octanol–water partition coefficient (Wildman–Crippen LogP) is 2.86. The summed E-state index contributed by atoms with van der Waals surface area (Å²) in [7, 11) is 0. The van der Waals surface area contributed by atoms with E-state index in [2.05, 4.69) is 10.3 Å². The monoisotopic (exact) mass is 338 g/mol. The minimum absolute atomic E-state index is 0.178. The molecule has 2 rings (SSSR count). The number of halogens is 2. The topological polar surface area (TPSA) is 68.3 Å². The molecule has 22 heavy (non-hydrogen) atoms. The van der Waals surface area contributed by atoms with Crippen molar-refractivity contribution >= 4 is 35.1 Å². The summed E-state index contributed by atoms with van der Waals surface area (Å²) in [6, 6.07) is 9.97. The van der Waals surface area contributed by atoms with Crippen LogP contribution in [0.5, 0.6) is 0 Å². The fourth-order valence-corrected chi connectivity index (χ4v) is 2.01. The van der Waals surface area contributed by atoms with Gasteiger partial charge in [0.2, 0.25) is 0 Å². The number of aromatic nitrogens is 1. The predicted molar refractivity (Wildman–Crippen MR) is 82.8 cm³/mol. The molecule has 1 N–H and O–H groups in total. The molecule has 0 aliphatic carbocycles. The third-order valence-electron chi connectivity index (χ3n) is 2.73. The van der Waals surface area contributed by atoms with Crippen LogP contribution >= 0.6 is 23.2 Å². The molecule has 2 aromatic rings. The zero-order valence-electron chi connectivity index (χ0n) is 11.4. The van der Waals surface area contributed by atoms with E-state index in [1.807, 2.05) is 6.07 Å². The van der Waals surface area contributed by atoms with Gasteiger partial charge in [-0.25, -0.2) is 9.78 Å². The molecule has 0 fully saturated rings. The van der Waals surface area contributed by atoms with Crippen molar-refractivity contribution in [3.8, 4) is 0 Å². The number of nitrogens with one attached hydrogen (secondary N) is 1. The van der Waals surface area contributed by atoms with Crippen LogP contribution in [0.1, 0.15) is 15.9 Å². The lowest BCUT2D eigenvalue weighted by molar-refractivity contribution is -0.124. The van der Waals surface area contributed by atoms with Crippen molar-refractivity contribution in [1.82, 2.24) is 10.3 Å². The van der Waals surface area contributed by atoms with Crippen molar-refractivity contribution in [3.05, 3.63) is 63.9 Å². The molecule has 0 radical (unpaired) electrons. The smallest absolute Gasteiger partial charge is 0.338 e. The fourth-order valence-electron chi connectivity index (χ4n) is 1.63. The van der Waals surface area contributed by atoms with Crippen LogP contribution in [-0.4, -0.2) is 23.5 Å². The molecule has 0 aliphatic heterocycles. The summed E-state index contributed by atoms with van der Waals surface area (Å²) in [6.07, 6.45) is 1.39. The van der Waals surface area contributed by atoms with Crippen LogP contribution in [0, 0.1) is 0 Å². The zero-order valence-corrected chi connectivity index (χ0v) is 12.9. The molecule has 1 heterocycles. The Hall–Kier alpha value is -2.11. The molecule has 1 aromatic carbocycles. The lowest BCUT2D eigenvalue weighted by Crippen LogP contribution is -2.28. The maximum Gasteiger partial charge on any atom is 0.338 e. The van der Waals surface area contributed by atoms with Gasteiger partial charge in [-0.05, 0) is 23.8 Å². The van der Waals surface area contributed by atoms with Gasteiger partial charge in [0, 0.05) is 17.8 Å². The summed E-state index contributed by atoms with van der Waals surface area (Å²) in [5, 5.41) is 3.36. The quantitative estimate of drug-likeness (QED) is 0.672. The molecule has 0 unspecified atom stereocenters. The highest BCUT2D eigenvalue weighted by atomic mass is 35.5. The number of nitrogens with zero attached hydrogens (tertiary/aromatic N) is 1. The van der Waals surface area contributed by atoms with Gasteiger partial charge in [-0.2, -0.15) is 0 Å². The molecule has 0 spiro atoms. The summed E-state index contributed by atoms with van der Waals surface area (Å²) < 4.78 is 4.89. The van der Waals surface area contributed by atoms with E-state index in [-0.39, 0.29) is 23.9 Å². The van der Waals surface area contributed by atoms with Gasteiger partial charge < -0.3 is 10.1 Å². The standard InChI is InChI=1S/C15H12Cl2N2O3/c16-12-4-2-1-3-11(12)8-19-14(20)9-22-15(21)10-5-6-18-13(17)7-10/h1-7H,8-9H2,(H,19,20). The summed E-state index contributed by atoms with van der Waals surface area (Å²) in [5.74, 6) is -1.06. The molecule has 5 nitrogen and oxygen atoms in total. The van der Waals surface area contributed by atoms with Crippen LogP contribution < -0.4 is 5.32 Å². The van der Waals surface area contributed by atoms with Crippen LogP contribution in [0.4, 0.5) is 0 Å². The van der Waals surface area contributed by atoms with Gasteiger partial charge in [0.05, 0.1) is 5.56 Å². The molecule has 1 amide bonds. The molecule has 0 atom stereocenters. The second kappa shape index (κ2) is 7.77. The Balaban J connectivity index is 1.81. The van der Waals surface area contributed by atoms with Gasteiger partial charge in [0.1, 0.15) is 5.15 Å². The highest BCUT2D eigenvalue weighted by molar-refractivity contribution is 6.31. The molecule has 0 saturated carbocycles. The van der Waals surface area contributed by atoms with Crippen LogP contribution in [0.25, 0.3) is 0 Å². The van der Waals surface area contributed by atoms with Crippen molar-refractivity contribution < 1.29 is 14.3 Å². The fraction of sp³-hybridized carbons (Fsp3) is 0.133. The van der Waals surface area contributed by atoms with Gasteiger partial charge in [0.15, 0.2) is 6.61 Å². The largest absolute Gasteiger partial charge is 0.452 e. The van der Waals surface area contributed by atoms with Crippen molar-refractivity contribution in [1.29, 1.82) is 0 Å². The zero-order chi connectivity index (χ0) is 15.9. The highest BCUT2D eigenvalue weighted by Gasteiger charge is 2.11. The number of ether oxygens (including phenoxy) is 1. The number of benzene rings is 1. The number of amides is 1. The molecule has 7 heteroatoms. The van der Waals surface area contributed by atoms with Crippen LogP contribution in [-0.2, 0) is 16.1 Å². The Bertz CT molecular complexity index is 692. The van der Waals surface area contributed by atoms with Crippen molar-refractivity contribution in [3.63, 3.8) is 0 Å². The first kappa shape index (κ1) is 16.3. The number of carbonyl (C=O) groups is 2. The summed E-state index contributed by atoms with van der Waals surface area (Å²) in [4.78, 5) is 27.1. The van der Waals surface area contributed by atoms with Crippen LogP contribution in [0.15, 0.2) is 42.6 Å². The Kier molecular flexibility index (Phi) is 5.75. The van der Waals surface area contributed by atoms with Gasteiger partial charge in [-0.15, -0.1) is 0 Å². The highest BCUT2D eigenvalue weighted by Crippen LogP contribution is 2.14. The van der Waals surface area contributed by atoms with E-state index in [1.165, 1.54) is 18.3 Å². The molecule has 1 aromatic heterocycles. The lowest BCUT2D eigenvalue weighted by Gasteiger charge is -2.08. The molecular weight excluding hydrogens is 327 g/mol. The lowest BCUT2D eigenvalue weighted by atomic mass is 10.2. The van der Waals surface area contributed by atoms with Crippen molar-refractivity contribution in [2.75, 3.05) is 6.61 Å². The second-order valence-corrected chi connectivity index (χ2v) is 5.11. The van der Waals surface area contributed by atoms with Gasteiger partial charge >= 0.3 is 5.97 Å². The summed E-state index contributed by atoms with van der Waals surface area (Å²) in [5.41, 5.74) is 1.02. The van der Waals surface area contributed by atoms with Gasteiger partial charge in [-0.1, -0.05) is 41.4 Å². The molecule has 114 valence electrons. The number of esters is 1. The van der Waals surface area contributed by atoms with E-state index >= 15 is 0 Å². The first-order chi connectivity index (χ1) is 10.6. The van der Waals surface area contributed by atoms with E-state index < -0.39 is 11.9 Å². The molecule has 0 bridgehead atoms. The SMILES string of the molecule is O=C(COC(=O)c1ccnc(Cl)c1)NCc1ccccc1Cl. The van der Waals surface area contributed by atoms with E-state index in [1.54, 1.807) is 18.2 Å².